The molecule has 0 aliphatic heterocycles. The van der Waals surface area contributed by atoms with Gasteiger partial charge in [0, 0.05) is 0 Å². The number of carbonyl (C=O) groups is 1. The summed E-state index contributed by atoms with van der Waals surface area (Å²) in [4.78, 5) is 11.5. The zero-order valence-corrected chi connectivity index (χ0v) is 10.1. The third-order valence-corrected chi connectivity index (χ3v) is 2.72. The molecule has 1 atom stereocenters. The van der Waals surface area contributed by atoms with Crippen molar-refractivity contribution in [2.75, 3.05) is 11.9 Å². The van der Waals surface area contributed by atoms with E-state index in [-0.39, 0.29) is 5.56 Å². The second-order valence-corrected chi connectivity index (χ2v) is 4.25. The van der Waals surface area contributed by atoms with E-state index in [0.29, 0.717) is 5.00 Å². The molecule has 0 aromatic carbocycles. The summed E-state index contributed by atoms with van der Waals surface area (Å²) < 4.78 is 40.0. The first-order valence-corrected chi connectivity index (χ1v) is 5.68. The Kier molecular flexibility index (Phi) is 4.69. The lowest BCUT2D eigenvalue weighted by Crippen LogP contribution is -2.31. The number of amides is 1. The van der Waals surface area contributed by atoms with Gasteiger partial charge >= 0.3 is 6.18 Å². The van der Waals surface area contributed by atoms with Gasteiger partial charge in [-0.25, -0.2) is 0 Å². The van der Waals surface area contributed by atoms with Crippen LogP contribution in [-0.2, 0) is 9.53 Å². The number of nitrogens with one attached hydrogen (secondary N) is 1. The minimum atomic E-state index is -4.48. The maximum Gasteiger partial charge on any atom is 0.411 e. The van der Waals surface area contributed by atoms with E-state index in [0.717, 1.165) is 11.3 Å². The Bertz CT molecular complexity index is 464. The van der Waals surface area contributed by atoms with Crippen LogP contribution in [0.2, 0.25) is 0 Å². The van der Waals surface area contributed by atoms with Gasteiger partial charge in [-0.3, -0.25) is 4.79 Å². The van der Waals surface area contributed by atoms with E-state index in [1.54, 1.807) is 5.38 Å². The molecule has 1 heterocycles. The van der Waals surface area contributed by atoms with Gasteiger partial charge < -0.3 is 10.1 Å². The molecule has 0 bridgehead atoms. The topological polar surface area (TPSA) is 62.1 Å². The summed E-state index contributed by atoms with van der Waals surface area (Å²) in [5.74, 6) is -0.724. The lowest BCUT2D eigenvalue weighted by atomic mass is 10.3. The summed E-state index contributed by atoms with van der Waals surface area (Å²) in [6, 6.07) is 3.35. The summed E-state index contributed by atoms with van der Waals surface area (Å²) in [6.07, 6.45) is -5.73. The monoisotopic (exact) mass is 278 g/mol. The number of thiophene rings is 1. The van der Waals surface area contributed by atoms with Crippen molar-refractivity contribution in [2.45, 2.75) is 19.2 Å². The summed E-state index contributed by atoms with van der Waals surface area (Å²) >= 11 is 1.11. The third-order valence-electron chi connectivity index (χ3n) is 1.89. The number of anilines is 1. The smallest absolute Gasteiger partial charge is 0.359 e. The first-order valence-electron chi connectivity index (χ1n) is 4.80. The number of nitrogens with zero attached hydrogens (tertiary/aromatic N) is 1. The van der Waals surface area contributed by atoms with E-state index >= 15 is 0 Å². The van der Waals surface area contributed by atoms with Gasteiger partial charge in [0.25, 0.3) is 5.91 Å². The maximum absolute atomic E-state index is 11.9. The Morgan fingerprint density at radius 1 is 1.67 bits per heavy atom. The molecule has 1 amide bonds. The van der Waals surface area contributed by atoms with Crippen LogP contribution in [0.25, 0.3) is 0 Å². The maximum atomic E-state index is 11.9. The molecule has 0 saturated heterocycles. The van der Waals surface area contributed by atoms with Crippen molar-refractivity contribution in [1.29, 1.82) is 5.26 Å². The highest BCUT2D eigenvalue weighted by Gasteiger charge is 2.30. The van der Waals surface area contributed by atoms with Gasteiger partial charge in [-0.15, -0.1) is 11.3 Å². The van der Waals surface area contributed by atoms with Crippen LogP contribution in [-0.4, -0.2) is 24.8 Å². The number of hydrogen-bond donors (Lipinski definition) is 1. The number of halogens is 3. The second-order valence-electron chi connectivity index (χ2n) is 3.33. The van der Waals surface area contributed by atoms with Gasteiger partial charge in [0.1, 0.15) is 23.8 Å². The largest absolute Gasteiger partial charge is 0.411 e. The van der Waals surface area contributed by atoms with Gasteiger partial charge in [-0.05, 0) is 18.4 Å². The molecule has 1 rings (SSSR count). The Morgan fingerprint density at radius 3 is 2.89 bits per heavy atom. The zero-order chi connectivity index (χ0) is 13.8. The molecule has 0 saturated carbocycles. The molecule has 1 aromatic rings. The van der Waals surface area contributed by atoms with Crippen molar-refractivity contribution >= 4 is 22.2 Å². The molecule has 1 unspecified atom stereocenters. The van der Waals surface area contributed by atoms with E-state index in [4.69, 9.17) is 5.26 Å². The molecule has 0 radical (unpaired) electrons. The molecule has 0 aliphatic rings. The zero-order valence-electron chi connectivity index (χ0n) is 9.25. The lowest BCUT2D eigenvalue weighted by molar-refractivity contribution is -0.184. The number of rotatable bonds is 4. The molecule has 98 valence electrons. The number of ether oxygens (including phenoxy) is 1. The second kappa shape index (κ2) is 5.84. The Balaban J connectivity index is 2.53. The Labute approximate surface area is 105 Å². The van der Waals surface area contributed by atoms with Crippen LogP contribution in [0.1, 0.15) is 12.5 Å². The summed E-state index contributed by atoms with van der Waals surface area (Å²) in [7, 11) is 0. The van der Waals surface area contributed by atoms with Crippen LogP contribution >= 0.6 is 11.3 Å². The first-order chi connectivity index (χ1) is 8.33. The average molecular weight is 278 g/mol. The highest BCUT2D eigenvalue weighted by atomic mass is 32.1. The quantitative estimate of drug-likeness (QED) is 0.920. The van der Waals surface area contributed by atoms with Crippen molar-refractivity contribution in [2.24, 2.45) is 0 Å². The number of alkyl halides is 3. The molecule has 8 heteroatoms. The molecule has 0 aliphatic carbocycles. The van der Waals surface area contributed by atoms with Crippen molar-refractivity contribution in [3.05, 3.63) is 17.0 Å². The van der Waals surface area contributed by atoms with Crippen LogP contribution in [0.4, 0.5) is 18.2 Å². The first kappa shape index (κ1) is 14.5. The summed E-state index contributed by atoms with van der Waals surface area (Å²) in [5, 5.41) is 12.9. The lowest BCUT2D eigenvalue weighted by Gasteiger charge is -2.14. The molecular weight excluding hydrogens is 269 g/mol. The van der Waals surface area contributed by atoms with E-state index in [1.807, 2.05) is 6.07 Å². The predicted octanol–water partition coefficient (Wildman–Crippen LogP) is 2.53. The van der Waals surface area contributed by atoms with E-state index in [9.17, 15) is 18.0 Å². The minimum Gasteiger partial charge on any atom is -0.359 e. The molecule has 18 heavy (non-hydrogen) atoms. The number of carbonyl (C=O) groups excluding carboxylic acids is 1. The fourth-order valence-corrected chi connectivity index (χ4v) is 1.74. The SMILES string of the molecule is CC(OCC(F)(F)F)C(=O)Nc1sccc1C#N. The fraction of sp³-hybridized carbons (Fsp3) is 0.400. The standard InChI is InChI=1S/C10H9F3N2O2S/c1-6(17-5-10(11,12)13)8(16)15-9-7(4-14)2-3-18-9/h2-3,6H,5H2,1H3,(H,15,16). The normalized spacial score (nSPS) is 12.8. The van der Waals surface area contributed by atoms with Crippen LogP contribution in [0, 0.1) is 11.3 Å². The van der Waals surface area contributed by atoms with Gasteiger partial charge in [0.15, 0.2) is 0 Å². The highest BCUT2D eigenvalue weighted by molar-refractivity contribution is 7.14. The Hall–Kier alpha value is -1.59. The van der Waals surface area contributed by atoms with E-state index in [2.05, 4.69) is 10.1 Å². The van der Waals surface area contributed by atoms with Crippen molar-refractivity contribution < 1.29 is 22.7 Å². The van der Waals surface area contributed by atoms with Gasteiger partial charge in [-0.2, -0.15) is 18.4 Å². The predicted molar refractivity (Wildman–Crippen MR) is 59.1 cm³/mol. The van der Waals surface area contributed by atoms with Crippen molar-refractivity contribution in [3.63, 3.8) is 0 Å². The van der Waals surface area contributed by atoms with Crippen LogP contribution in [0.3, 0.4) is 0 Å². The van der Waals surface area contributed by atoms with Gasteiger partial charge in [0.2, 0.25) is 0 Å². The molecular formula is C10H9F3N2O2S. The van der Waals surface area contributed by atoms with Crippen molar-refractivity contribution in [3.8, 4) is 6.07 Å². The molecule has 0 spiro atoms. The Morgan fingerprint density at radius 2 is 2.33 bits per heavy atom. The fourth-order valence-electron chi connectivity index (χ4n) is 1.00. The van der Waals surface area contributed by atoms with Crippen LogP contribution < -0.4 is 5.32 Å². The van der Waals surface area contributed by atoms with Crippen LogP contribution in [0.5, 0.6) is 0 Å². The van der Waals surface area contributed by atoms with Crippen LogP contribution in [0.15, 0.2) is 11.4 Å². The summed E-state index contributed by atoms with van der Waals surface area (Å²) in [5.41, 5.74) is 0.261. The molecule has 4 nitrogen and oxygen atoms in total. The average Bonchev–Trinajstić information content (AvgIpc) is 2.72. The molecule has 0 fully saturated rings. The van der Waals surface area contributed by atoms with E-state index in [1.165, 1.54) is 13.0 Å². The molecule has 1 N–H and O–H groups in total. The number of hydrogen-bond acceptors (Lipinski definition) is 4. The summed E-state index contributed by atoms with van der Waals surface area (Å²) in [6.45, 7) is -0.280. The van der Waals surface area contributed by atoms with Gasteiger partial charge in [0.05, 0.1) is 5.56 Å². The highest BCUT2D eigenvalue weighted by Crippen LogP contribution is 2.22. The molecule has 1 aromatic heterocycles. The minimum absolute atomic E-state index is 0.261. The number of nitriles is 1. The van der Waals surface area contributed by atoms with E-state index < -0.39 is 24.8 Å². The van der Waals surface area contributed by atoms with Crippen molar-refractivity contribution in [1.82, 2.24) is 0 Å². The third kappa shape index (κ3) is 4.35. The van der Waals surface area contributed by atoms with Gasteiger partial charge in [-0.1, -0.05) is 0 Å².